The molecule has 0 saturated heterocycles. The van der Waals surface area contributed by atoms with Crippen molar-refractivity contribution in [1.29, 1.82) is 0 Å². The molecule has 0 heterocycles. The third-order valence-corrected chi connectivity index (χ3v) is 3.77. The Morgan fingerprint density at radius 2 is 2.10 bits per heavy atom. The van der Waals surface area contributed by atoms with Crippen LogP contribution in [0.2, 0.25) is 0 Å². The fourth-order valence-corrected chi connectivity index (χ4v) is 2.61. The maximum Gasteiger partial charge on any atom is 0.251 e. The summed E-state index contributed by atoms with van der Waals surface area (Å²) in [6, 6.07) is 4.94. The van der Waals surface area contributed by atoms with Gasteiger partial charge in [0.2, 0.25) is 0 Å². The van der Waals surface area contributed by atoms with Crippen LogP contribution >= 0.6 is 0 Å². The fourth-order valence-electron chi connectivity index (χ4n) is 2.61. The van der Waals surface area contributed by atoms with E-state index < -0.39 is 6.10 Å². The molecule has 0 aliphatic heterocycles. The second-order valence-electron chi connectivity index (χ2n) is 5.23. The van der Waals surface area contributed by atoms with E-state index in [-0.39, 0.29) is 11.9 Å². The number of rotatable bonds is 5. The second-order valence-corrected chi connectivity index (χ2v) is 5.23. The van der Waals surface area contributed by atoms with Gasteiger partial charge in [0.15, 0.2) is 11.5 Å². The lowest BCUT2D eigenvalue weighted by molar-refractivity contribution is 0.0717. The van der Waals surface area contributed by atoms with E-state index in [2.05, 4.69) is 5.32 Å². The zero-order valence-corrected chi connectivity index (χ0v) is 12.6. The van der Waals surface area contributed by atoms with E-state index in [0.29, 0.717) is 23.7 Å². The van der Waals surface area contributed by atoms with Gasteiger partial charge < -0.3 is 19.9 Å². The van der Waals surface area contributed by atoms with Crippen LogP contribution in [0.3, 0.4) is 0 Å². The summed E-state index contributed by atoms with van der Waals surface area (Å²) in [6.07, 6.45) is 3.17. The zero-order chi connectivity index (χ0) is 15.2. The molecule has 5 nitrogen and oxygen atoms in total. The van der Waals surface area contributed by atoms with Crippen LogP contribution in [0, 0.1) is 0 Å². The van der Waals surface area contributed by atoms with Crippen LogP contribution in [-0.4, -0.2) is 36.9 Å². The van der Waals surface area contributed by atoms with Crippen molar-refractivity contribution in [2.45, 2.75) is 44.8 Å². The number of amides is 1. The van der Waals surface area contributed by atoms with Crippen LogP contribution in [-0.2, 0) is 0 Å². The summed E-state index contributed by atoms with van der Waals surface area (Å²) in [5.74, 6) is 0.963. The number of nitrogens with one attached hydrogen (secondary N) is 1. The van der Waals surface area contributed by atoms with Crippen molar-refractivity contribution in [3.8, 4) is 11.5 Å². The van der Waals surface area contributed by atoms with Crippen molar-refractivity contribution in [3.63, 3.8) is 0 Å². The Kier molecular flexibility index (Phi) is 5.44. The number of hydrogen-bond acceptors (Lipinski definition) is 4. The molecule has 1 fully saturated rings. The third-order valence-electron chi connectivity index (χ3n) is 3.77. The van der Waals surface area contributed by atoms with E-state index >= 15 is 0 Å². The van der Waals surface area contributed by atoms with Gasteiger partial charge in [-0.2, -0.15) is 0 Å². The minimum atomic E-state index is -0.452. The summed E-state index contributed by atoms with van der Waals surface area (Å²) in [4.78, 5) is 12.3. The van der Waals surface area contributed by atoms with Gasteiger partial charge in [-0.1, -0.05) is 12.8 Å². The predicted octanol–water partition coefficient (Wildman–Crippen LogP) is 2.13. The fraction of sp³-hybridized carbons (Fsp3) is 0.562. The predicted molar refractivity (Wildman–Crippen MR) is 79.9 cm³/mol. The van der Waals surface area contributed by atoms with E-state index in [1.807, 2.05) is 6.92 Å². The topological polar surface area (TPSA) is 67.8 Å². The Hall–Kier alpha value is -1.75. The largest absolute Gasteiger partial charge is 0.493 e. The quantitative estimate of drug-likeness (QED) is 0.872. The number of methoxy groups -OCH3 is 1. The molecule has 0 unspecified atom stereocenters. The SMILES string of the molecule is CCOc1ccc(C(=O)N[C@H]2CCCC[C@@H]2O)cc1OC. The molecule has 1 aliphatic rings. The Morgan fingerprint density at radius 3 is 2.76 bits per heavy atom. The van der Waals surface area contributed by atoms with Crippen molar-refractivity contribution < 1.29 is 19.4 Å². The van der Waals surface area contributed by atoms with Crippen LogP contribution in [0.25, 0.3) is 0 Å². The highest BCUT2D eigenvalue weighted by Crippen LogP contribution is 2.28. The van der Waals surface area contributed by atoms with E-state index in [1.54, 1.807) is 25.3 Å². The molecule has 2 N–H and O–H groups in total. The number of ether oxygens (including phenoxy) is 2. The highest BCUT2D eigenvalue weighted by Gasteiger charge is 2.25. The first-order chi connectivity index (χ1) is 10.2. The number of benzene rings is 1. The van der Waals surface area contributed by atoms with Crippen molar-refractivity contribution >= 4 is 5.91 Å². The Bertz CT molecular complexity index is 489. The molecule has 1 aliphatic carbocycles. The molecule has 1 amide bonds. The highest BCUT2D eigenvalue weighted by molar-refractivity contribution is 5.95. The van der Waals surface area contributed by atoms with Gasteiger partial charge in [-0.05, 0) is 38.0 Å². The Morgan fingerprint density at radius 1 is 1.33 bits per heavy atom. The molecule has 0 spiro atoms. The average Bonchev–Trinajstić information content (AvgIpc) is 2.50. The normalized spacial score (nSPS) is 21.7. The molecular weight excluding hydrogens is 270 g/mol. The number of aliphatic hydroxyl groups is 1. The molecule has 2 rings (SSSR count). The summed E-state index contributed by atoms with van der Waals surface area (Å²) >= 11 is 0. The second kappa shape index (κ2) is 7.31. The smallest absolute Gasteiger partial charge is 0.251 e. The number of carbonyl (C=O) groups excluding carboxylic acids is 1. The summed E-state index contributed by atoms with van der Waals surface area (Å²) in [5, 5.41) is 12.8. The standard InChI is InChI=1S/C16H23NO4/c1-3-21-14-9-8-11(10-15(14)20-2)16(19)17-12-6-4-5-7-13(12)18/h8-10,12-13,18H,3-7H2,1-2H3,(H,17,19)/t12-,13-/m0/s1. The maximum absolute atomic E-state index is 12.3. The molecule has 21 heavy (non-hydrogen) atoms. The third kappa shape index (κ3) is 3.88. The molecule has 0 radical (unpaired) electrons. The molecule has 1 aromatic carbocycles. The number of aliphatic hydroxyl groups excluding tert-OH is 1. The Balaban J connectivity index is 2.08. The van der Waals surface area contributed by atoms with Gasteiger partial charge >= 0.3 is 0 Å². The summed E-state index contributed by atoms with van der Waals surface area (Å²) in [5.41, 5.74) is 0.507. The number of carbonyl (C=O) groups is 1. The first-order valence-corrected chi connectivity index (χ1v) is 7.45. The average molecular weight is 293 g/mol. The minimum absolute atomic E-state index is 0.163. The van der Waals surface area contributed by atoms with Gasteiger partial charge in [-0.15, -0.1) is 0 Å². The minimum Gasteiger partial charge on any atom is -0.493 e. The lowest BCUT2D eigenvalue weighted by Crippen LogP contribution is -2.45. The lowest BCUT2D eigenvalue weighted by Gasteiger charge is -2.28. The van der Waals surface area contributed by atoms with Gasteiger partial charge in [-0.25, -0.2) is 0 Å². The van der Waals surface area contributed by atoms with E-state index in [1.165, 1.54) is 0 Å². The van der Waals surface area contributed by atoms with E-state index in [4.69, 9.17) is 9.47 Å². The number of hydrogen-bond donors (Lipinski definition) is 2. The van der Waals surface area contributed by atoms with E-state index in [0.717, 1.165) is 25.7 Å². The van der Waals surface area contributed by atoms with E-state index in [9.17, 15) is 9.90 Å². The first kappa shape index (κ1) is 15.6. The molecular formula is C16H23NO4. The zero-order valence-electron chi connectivity index (χ0n) is 12.6. The molecule has 1 saturated carbocycles. The summed E-state index contributed by atoms with van der Waals surface area (Å²) < 4.78 is 10.7. The monoisotopic (exact) mass is 293 g/mol. The van der Waals surface area contributed by atoms with Crippen LogP contribution < -0.4 is 14.8 Å². The van der Waals surface area contributed by atoms with Crippen LogP contribution in [0.4, 0.5) is 0 Å². The summed E-state index contributed by atoms with van der Waals surface area (Å²) in [6.45, 7) is 2.43. The molecule has 0 aromatic heterocycles. The van der Waals surface area contributed by atoms with Crippen LogP contribution in [0.15, 0.2) is 18.2 Å². The van der Waals surface area contributed by atoms with Gasteiger partial charge in [0.1, 0.15) is 0 Å². The molecule has 1 aromatic rings. The van der Waals surface area contributed by atoms with Gasteiger partial charge in [0.25, 0.3) is 5.91 Å². The molecule has 2 atom stereocenters. The van der Waals surface area contributed by atoms with Crippen molar-refractivity contribution in [3.05, 3.63) is 23.8 Å². The van der Waals surface area contributed by atoms with Crippen LogP contribution in [0.5, 0.6) is 11.5 Å². The van der Waals surface area contributed by atoms with Gasteiger partial charge in [0, 0.05) is 5.56 Å². The first-order valence-electron chi connectivity index (χ1n) is 7.45. The van der Waals surface area contributed by atoms with Gasteiger partial charge in [-0.3, -0.25) is 4.79 Å². The molecule has 116 valence electrons. The van der Waals surface area contributed by atoms with Gasteiger partial charge in [0.05, 0.1) is 25.9 Å². The maximum atomic E-state index is 12.3. The Labute approximate surface area is 125 Å². The van der Waals surface area contributed by atoms with Crippen molar-refractivity contribution in [2.75, 3.05) is 13.7 Å². The molecule has 5 heteroatoms. The summed E-state index contributed by atoms with van der Waals surface area (Å²) in [7, 11) is 1.55. The highest BCUT2D eigenvalue weighted by atomic mass is 16.5. The lowest BCUT2D eigenvalue weighted by atomic mass is 9.92. The molecule has 0 bridgehead atoms. The van der Waals surface area contributed by atoms with Crippen LogP contribution in [0.1, 0.15) is 43.0 Å². The van der Waals surface area contributed by atoms with Crippen molar-refractivity contribution in [2.24, 2.45) is 0 Å². The van der Waals surface area contributed by atoms with Crippen molar-refractivity contribution in [1.82, 2.24) is 5.32 Å².